The maximum Gasteiger partial charge on any atom is 0.270 e. The predicted octanol–water partition coefficient (Wildman–Crippen LogP) is 2.44. The van der Waals surface area contributed by atoms with Gasteiger partial charge in [0.05, 0.1) is 6.54 Å². The normalized spacial score (nSPS) is 14.0. The van der Waals surface area contributed by atoms with Crippen molar-refractivity contribution in [2.75, 3.05) is 29.9 Å². The average Bonchev–Trinajstić information content (AvgIpc) is 2.68. The lowest BCUT2D eigenvalue weighted by Crippen LogP contribution is -2.33. The molecule has 2 N–H and O–H groups in total. The number of hydrogen-bond acceptors (Lipinski definition) is 4. The maximum absolute atomic E-state index is 12.0. The second-order valence-corrected chi connectivity index (χ2v) is 6.04. The number of aromatic nitrogens is 1. The number of pyridine rings is 1. The van der Waals surface area contributed by atoms with Gasteiger partial charge in [0.15, 0.2) is 0 Å². The van der Waals surface area contributed by atoms with Gasteiger partial charge in [0.2, 0.25) is 5.91 Å². The fourth-order valence-electron chi connectivity index (χ4n) is 2.86. The van der Waals surface area contributed by atoms with Gasteiger partial charge in [0.25, 0.3) is 5.91 Å². The summed E-state index contributed by atoms with van der Waals surface area (Å²) in [6.07, 6.45) is 5.30. The van der Waals surface area contributed by atoms with Crippen molar-refractivity contribution in [3.8, 4) is 0 Å². The number of nitrogens with one attached hydrogen (secondary N) is 2. The van der Waals surface area contributed by atoms with Crippen molar-refractivity contribution in [1.29, 1.82) is 0 Å². The molecule has 2 heterocycles. The third-order valence-electron chi connectivity index (χ3n) is 4.18. The Morgan fingerprint density at radius 2 is 1.76 bits per heavy atom. The van der Waals surface area contributed by atoms with E-state index in [-0.39, 0.29) is 18.4 Å². The first-order chi connectivity index (χ1) is 12.2. The standard InChI is InChI=1S/C19H22N4O2/c24-18(14-21-19(25)17-6-2-3-11-20-17)22-15-7-9-16(10-8-15)23-12-4-1-5-13-23/h2-3,6-11H,1,4-5,12-14H2,(H,21,25)(H,22,24). The van der Waals surface area contributed by atoms with Crippen LogP contribution in [0.15, 0.2) is 48.7 Å². The first-order valence-electron chi connectivity index (χ1n) is 8.56. The van der Waals surface area contributed by atoms with Crippen LogP contribution in [0.2, 0.25) is 0 Å². The van der Waals surface area contributed by atoms with E-state index in [1.54, 1.807) is 24.4 Å². The molecule has 0 bridgehead atoms. The molecule has 1 saturated heterocycles. The van der Waals surface area contributed by atoms with Gasteiger partial charge in [-0.05, 0) is 55.7 Å². The molecule has 1 aliphatic heterocycles. The Kier molecular flexibility index (Phi) is 5.61. The second kappa shape index (κ2) is 8.28. The van der Waals surface area contributed by atoms with E-state index < -0.39 is 0 Å². The van der Waals surface area contributed by atoms with Crippen LogP contribution in [0.1, 0.15) is 29.8 Å². The Morgan fingerprint density at radius 3 is 2.44 bits per heavy atom. The number of benzene rings is 1. The average molecular weight is 338 g/mol. The summed E-state index contributed by atoms with van der Waals surface area (Å²) in [6, 6.07) is 12.9. The molecule has 0 spiro atoms. The number of carbonyl (C=O) groups is 2. The van der Waals surface area contributed by atoms with E-state index >= 15 is 0 Å². The largest absolute Gasteiger partial charge is 0.372 e. The van der Waals surface area contributed by atoms with Gasteiger partial charge < -0.3 is 15.5 Å². The number of amides is 2. The molecule has 2 aromatic rings. The van der Waals surface area contributed by atoms with Crippen LogP contribution in [0.5, 0.6) is 0 Å². The number of anilines is 2. The molecule has 0 radical (unpaired) electrons. The highest BCUT2D eigenvalue weighted by Gasteiger charge is 2.11. The summed E-state index contributed by atoms with van der Waals surface area (Å²) in [7, 11) is 0. The monoisotopic (exact) mass is 338 g/mol. The smallest absolute Gasteiger partial charge is 0.270 e. The highest BCUT2D eigenvalue weighted by atomic mass is 16.2. The minimum Gasteiger partial charge on any atom is -0.372 e. The third-order valence-corrected chi connectivity index (χ3v) is 4.18. The van der Waals surface area contributed by atoms with E-state index in [1.807, 2.05) is 24.3 Å². The zero-order valence-electron chi connectivity index (χ0n) is 14.1. The molecular formula is C19H22N4O2. The lowest BCUT2D eigenvalue weighted by Gasteiger charge is -2.28. The summed E-state index contributed by atoms with van der Waals surface area (Å²) in [4.78, 5) is 30.1. The zero-order valence-corrected chi connectivity index (χ0v) is 14.1. The van der Waals surface area contributed by atoms with Gasteiger partial charge in [-0.25, -0.2) is 0 Å². The van der Waals surface area contributed by atoms with Crippen LogP contribution in [0, 0.1) is 0 Å². The first kappa shape index (κ1) is 17.0. The highest BCUT2D eigenvalue weighted by molar-refractivity contribution is 5.98. The minimum atomic E-state index is -0.365. The Bertz CT molecular complexity index is 710. The molecule has 0 saturated carbocycles. The van der Waals surface area contributed by atoms with Gasteiger partial charge in [-0.1, -0.05) is 6.07 Å². The fraction of sp³-hybridized carbons (Fsp3) is 0.316. The SMILES string of the molecule is O=C(CNC(=O)c1ccccn1)Nc1ccc(N2CCCCC2)cc1. The van der Waals surface area contributed by atoms with Crippen molar-refractivity contribution in [3.63, 3.8) is 0 Å². The summed E-state index contributed by atoms with van der Waals surface area (Å²) in [5, 5.41) is 5.35. The topological polar surface area (TPSA) is 74.3 Å². The molecule has 6 nitrogen and oxygen atoms in total. The van der Waals surface area contributed by atoms with Gasteiger partial charge in [0.1, 0.15) is 5.69 Å². The molecule has 1 aromatic carbocycles. The Morgan fingerprint density at radius 1 is 1.00 bits per heavy atom. The molecule has 130 valence electrons. The molecule has 1 aromatic heterocycles. The molecule has 0 unspecified atom stereocenters. The van der Waals surface area contributed by atoms with Crippen molar-refractivity contribution in [2.24, 2.45) is 0 Å². The molecule has 2 amide bonds. The van der Waals surface area contributed by atoms with Crippen LogP contribution in [-0.2, 0) is 4.79 Å². The Balaban J connectivity index is 1.48. The van der Waals surface area contributed by atoms with Crippen molar-refractivity contribution >= 4 is 23.2 Å². The van der Waals surface area contributed by atoms with Crippen molar-refractivity contribution in [1.82, 2.24) is 10.3 Å². The minimum absolute atomic E-state index is 0.0940. The van der Waals surface area contributed by atoms with E-state index in [1.165, 1.54) is 24.9 Å². The van der Waals surface area contributed by atoms with Gasteiger partial charge >= 0.3 is 0 Å². The Labute approximate surface area is 147 Å². The lowest BCUT2D eigenvalue weighted by molar-refractivity contribution is -0.115. The third kappa shape index (κ3) is 4.79. The van der Waals surface area contributed by atoms with Gasteiger partial charge in [-0.2, -0.15) is 0 Å². The number of hydrogen-bond donors (Lipinski definition) is 2. The molecule has 0 atom stereocenters. The summed E-state index contributed by atoms with van der Waals surface area (Å²) < 4.78 is 0. The molecular weight excluding hydrogens is 316 g/mol. The van der Waals surface area contributed by atoms with Crippen LogP contribution in [0.25, 0.3) is 0 Å². The van der Waals surface area contributed by atoms with Crippen LogP contribution in [0.3, 0.4) is 0 Å². The highest BCUT2D eigenvalue weighted by Crippen LogP contribution is 2.21. The second-order valence-electron chi connectivity index (χ2n) is 6.04. The lowest BCUT2D eigenvalue weighted by atomic mass is 10.1. The van der Waals surface area contributed by atoms with Crippen molar-refractivity contribution in [2.45, 2.75) is 19.3 Å². The summed E-state index contributed by atoms with van der Waals surface area (Å²) >= 11 is 0. The van der Waals surface area contributed by atoms with Gasteiger partial charge in [-0.15, -0.1) is 0 Å². The fourth-order valence-corrected chi connectivity index (χ4v) is 2.86. The molecule has 1 aliphatic rings. The molecule has 1 fully saturated rings. The van der Waals surface area contributed by atoms with Crippen LogP contribution < -0.4 is 15.5 Å². The van der Waals surface area contributed by atoms with E-state index in [2.05, 4.69) is 20.5 Å². The van der Waals surface area contributed by atoms with E-state index in [9.17, 15) is 9.59 Å². The van der Waals surface area contributed by atoms with E-state index in [0.717, 1.165) is 18.8 Å². The number of rotatable bonds is 5. The van der Waals surface area contributed by atoms with E-state index in [0.29, 0.717) is 5.69 Å². The van der Waals surface area contributed by atoms with Gasteiger partial charge in [-0.3, -0.25) is 14.6 Å². The van der Waals surface area contributed by atoms with Crippen molar-refractivity contribution in [3.05, 3.63) is 54.4 Å². The van der Waals surface area contributed by atoms with Crippen LogP contribution in [-0.4, -0.2) is 36.4 Å². The van der Waals surface area contributed by atoms with Gasteiger partial charge in [0, 0.05) is 30.7 Å². The number of nitrogens with zero attached hydrogens (tertiary/aromatic N) is 2. The van der Waals surface area contributed by atoms with Crippen LogP contribution in [0.4, 0.5) is 11.4 Å². The van der Waals surface area contributed by atoms with E-state index in [4.69, 9.17) is 0 Å². The van der Waals surface area contributed by atoms with Crippen molar-refractivity contribution < 1.29 is 9.59 Å². The quantitative estimate of drug-likeness (QED) is 0.878. The Hall–Kier alpha value is -2.89. The van der Waals surface area contributed by atoms with Crippen LogP contribution >= 0.6 is 0 Å². The molecule has 25 heavy (non-hydrogen) atoms. The number of piperidine rings is 1. The predicted molar refractivity (Wildman–Crippen MR) is 97.7 cm³/mol. The molecule has 6 heteroatoms. The summed E-state index contributed by atoms with van der Waals surface area (Å²) in [5.41, 5.74) is 2.19. The first-order valence-corrected chi connectivity index (χ1v) is 8.56. The zero-order chi connectivity index (χ0) is 17.5. The summed E-state index contributed by atoms with van der Waals surface area (Å²) in [5.74, 6) is -0.633. The number of carbonyl (C=O) groups excluding carboxylic acids is 2. The molecule has 0 aliphatic carbocycles. The maximum atomic E-state index is 12.0. The summed E-state index contributed by atoms with van der Waals surface area (Å²) in [6.45, 7) is 2.08. The molecule has 3 rings (SSSR count).